The molecule has 1 aromatic carbocycles. The molecule has 5 nitrogen and oxygen atoms in total. The average molecular weight is 262 g/mol. The Kier molecular flexibility index (Phi) is 3.79. The number of nitrogen functional groups attached to an aromatic ring is 1. The van der Waals surface area contributed by atoms with E-state index in [0.29, 0.717) is 24.3 Å². The Morgan fingerprint density at radius 3 is 2.84 bits per heavy atom. The number of nitrogens with zero attached hydrogens (tertiary/aromatic N) is 1. The lowest BCUT2D eigenvalue weighted by Gasteiger charge is -2.05. The van der Waals surface area contributed by atoms with Gasteiger partial charge in [0.15, 0.2) is 0 Å². The van der Waals surface area contributed by atoms with Crippen molar-refractivity contribution in [2.75, 3.05) is 12.3 Å². The summed E-state index contributed by atoms with van der Waals surface area (Å²) in [6.45, 7) is 2.22. The zero-order valence-corrected chi connectivity index (χ0v) is 10.5. The highest BCUT2D eigenvalue weighted by atomic mass is 19.1. The van der Waals surface area contributed by atoms with Crippen LogP contribution in [0.2, 0.25) is 0 Å². The Hall–Kier alpha value is -2.37. The first-order valence-electron chi connectivity index (χ1n) is 5.90. The topological polar surface area (TPSA) is 83.8 Å². The van der Waals surface area contributed by atoms with Crippen molar-refractivity contribution in [1.82, 2.24) is 15.5 Å². The molecule has 0 aliphatic carbocycles. The van der Waals surface area contributed by atoms with Crippen molar-refractivity contribution in [2.45, 2.75) is 13.3 Å². The van der Waals surface area contributed by atoms with Crippen molar-refractivity contribution in [3.05, 3.63) is 47.0 Å². The van der Waals surface area contributed by atoms with Crippen LogP contribution in [0.15, 0.2) is 24.3 Å². The molecule has 1 amide bonds. The Bertz CT molecular complexity index is 574. The van der Waals surface area contributed by atoms with E-state index in [-0.39, 0.29) is 11.7 Å². The van der Waals surface area contributed by atoms with E-state index in [1.807, 2.05) is 6.92 Å². The Labute approximate surface area is 110 Å². The van der Waals surface area contributed by atoms with Crippen LogP contribution >= 0.6 is 0 Å². The Morgan fingerprint density at radius 2 is 2.21 bits per heavy atom. The number of carbonyl (C=O) groups excluding carboxylic acids is 1. The number of carbonyl (C=O) groups is 1. The smallest absolute Gasteiger partial charge is 0.271 e. The highest BCUT2D eigenvalue weighted by molar-refractivity contribution is 5.92. The summed E-state index contributed by atoms with van der Waals surface area (Å²) in [6.07, 6.45) is 0.511. The van der Waals surface area contributed by atoms with Gasteiger partial charge in [-0.05, 0) is 43.2 Å². The summed E-state index contributed by atoms with van der Waals surface area (Å²) < 4.78 is 13.1. The number of aromatic nitrogens is 2. The molecule has 0 aliphatic rings. The molecule has 100 valence electrons. The largest absolute Gasteiger partial charge is 0.399 e. The maximum Gasteiger partial charge on any atom is 0.271 e. The van der Waals surface area contributed by atoms with Gasteiger partial charge in [0.2, 0.25) is 0 Å². The van der Waals surface area contributed by atoms with Gasteiger partial charge in [-0.2, -0.15) is 5.10 Å². The highest BCUT2D eigenvalue weighted by Crippen LogP contribution is 2.10. The van der Waals surface area contributed by atoms with E-state index in [9.17, 15) is 9.18 Å². The summed E-state index contributed by atoms with van der Waals surface area (Å²) in [7, 11) is 0. The number of nitrogens with one attached hydrogen (secondary N) is 2. The fourth-order valence-electron chi connectivity index (χ4n) is 1.77. The molecule has 1 heterocycles. The minimum absolute atomic E-state index is 0.256. The van der Waals surface area contributed by atoms with Gasteiger partial charge < -0.3 is 11.1 Å². The number of amides is 1. The normalized spacial score (nSPS) is 10.4. The summed E-state index contributed by atoms with van der Waals surface area (Å²) in [5, 5.41) is 9.26. The van der Waals surface area contributed by atoms with Crippen molar-refractivity contribution < 1.29 is 9.18 Å². The number of aryl methyl sites for hydroxylation is 1. The Balaban J connectivity index is 1.88. The summed E-state index contributed by atoms with van der Waals surface area (Å²) in [5.41, 5.74) is 7.83. The van der Waals surface area contributed by atoms with Gasteiger partial charge in [0.25, 0.3) is 5.91 Å². The van der Waals surface area contributed by atoms with E-state index < -0.39 is 0 Å². The van der Waals surface area contributed by atoms with E-state index in [4.69, 9.17) is 5.73 Å². The number of anilines is 1. The molecule has 0 atom stereocenters. The first kappa shape index (κ1) is 13.1. The standard InChI is InChI=1S/C13H15FN4O/c1-8-4-12(18-17-8)13(19)16-3-2-9-5-10(14)7-11(15)6-9/h4-7H,2-3,15H2,1H3,(H,16,19)(H,17,18). The maximum absolute atomic E-state index is 13.1. The molecule has 0 fully saturated rings. The van der Waals surface area contributed by atoms with Crippen molar-refractivity contribution >= 4 is 11.6 Å². The van der Waals surface area contributed by atoms with Gasteiger partial charge in [-0.15, -0.1) is 0 Å². The summed E-state index contributed by atoms with van der Waals surface area (Å²) in [5.74, 6) is -0.627. The van der Waals surface area contributed by atoms with Crippen molar-refractivity contribution in [3.63, 3.8) is 0 Å². The zero-order valence-electron chi connectivity index (χ0n) is 10.5. The molecular weight excluding hydrogens is 247 g/mol. The Morgan fingerprint density at radius 1 is 1.42 bits per heavy atom. The summed E-state index contributed by atoms with van der Waals surface area (Å²) >= 11 is 0. The lowest BCUT2D eigenvalue weighted by molar-refractivity contribution is 0.0949. The molecule has 2 aromatic rings. The van der Waals surface area contributed by atoms with E-state index in [2.05, 4.69) is 15.5 Å². The minimum atomic E-state index is -0.371. The molecule has 0 saturated carbocycles. The first-order valence-corrected chi connectivity index (χ1v) is 5.90. The predicted molar refractivity (Wildman–Crippen MR) is 70.2 cm³/mol. The molecule has 4 N–H and O–H groups in total. The number of halogens is 1. The van der Waals surface area contributed by atoms with Crippen LogP contribution in [-0.4, -0.2) is 22.6 Å². The number of aromatic amines is 1. The SMILES string of the molecule is Cc1cc(C(=O)NCCc2cc(N)cc(F)c2)n[nH]1. The van der Waals surface area contributed by atoms with E-state index in [1.54, 1.807) is 12.1 Å². The second-order valence-electron chi connectivity index (χ2n) is 4.33. The molecule has 2 rings (SSSR count). The molecule has 19 heavy (non-hydrogen) atoms. The van der Waals surface area contributed by atoms with Crippen LogP contribution in [0.4, 0.5) is 10.1 Å². The van der Waals surface area contributed by atoms with Crippen molar-refractivity contribution in [2.24, 2.45) is 0 Å². The molecule has 0 spiro atoms. The zero-order chi connectivity index (χ0) is 13.8. The number of benzene rings is 1. The quantitative estimate of drug-likeness (QED) is 0.728. The van der Waals surface area contributed by atoms with Gasteiger partial charge >= 0.3 is 0 Å². The van der Waals surface area contributed by atoms with Gasteiger partial charge in [0, 0.05) is 17.9 Å². The third-order valence-electron chi connectivity index (χ3n) is 2.62. The third-order valence-corrected chi connectivity index (χ3v) is 2.62. The highest BCUT2D eigenvalue weighted by Gasteiger charge is 2.08. The van der Waals surface area contributed by atoms with Gasteiger partial charge in [-0.3, -0.25) is 9.89 Å². The van der Waals surface area contributed by atoms with Crippen molar-refractivity contribution in [3.8, 4) is 0 Å². The summed E-state index contributed by atoms with van der Waals surface area (Å²) in [6, 6.07) is 6.01. The van der Waals surface area contributed by atoms with Gasteiger partial charge in [0.05, 0.1) is 0 Å². The third kappa shape index (κ3) is 3.54. The number of H-pyrrole nitrogens is 1. The fourth-order valence-corrected chi connectivity index (χ4v) is 1.77. The lowest BCUT2D eigenvalue weighted by atomic mass is 10.1. The summed E-state index contributed by atoms with van der Waals surface area (Å²) in [4.78, 5) is 11.7. The van der Waals surface area contributed by atoms with E-state index in [1.165, 1.54) is 12.1 Å². The lowest BCUT2D eigenvalue weighted by Crippen LogP contribution is -2.26. The molecule has 0 aliphatic heterocycles. The van der Waals surface area contributed by atoms with Crippen LogP contribution in [0.1, 0.15) is 21.7 Å². The number of nitrogens with two attached hydrogens (primary N) is 1. The number of rotatable bonds is 4. The van der Waals surface area contributed by atoms with Crippen LogP contribution in [-0.2, 0) is 6.42 Å². The van der Waals surface area contributed by atoms with E-state index in [0.717, 1.165) is 11.3 Å². The average Bonchev–Trinajstić information content (AvgIpc) is 2.74. The predicted octanol–water partition coefficient (Wildman–Crippen LogP) is 1.41. The molecule has 0 saturated heterocycles. The van der Waals surface area contributed by atoms with Crippen LogP contribution in [0.3, 0.4) is 0 Å². The van der Waals surface area contributed by atoms with Gasteiger partial charge in [-0.25, -0.2) is 4.39 Å². The second-order valence-corrected chi connectivity index (χ2v) is 4.33. The monoisotopic (exact) mass is 262 g/mol. The second kappa shape index (κ2) is 5.51. The van der Waals surface area contributed by atoms with E-state index >= 15 is 0 Å². The van der Waals surface area contributed by atoms with Gasteiger partial charge in [-0.1, -0.05) is 0 Å². The molecule has 0 unspecified atom stereocenters. The van der Waals surface area contributed by atoms with Crippen LogP contribution in [0.25, 0.3) is 0 Å². The fraction of sp³-hybridized carbons (Fsp3) is 0.231. The molecule has 0 bridgehead atoms. The minimum Gasteiger partial charge on any atom is -0.399 e. The number of hydrogen-bond acceptors (Lipinski definition) is 3. The molecule has 6 heteroatoms. The van der Waals surface area contributed by atoms with Crippen LogP contribution < -0.4 is 11.1 Å². The molecular formula is C13H15FN4O. The van der Waals surface area contributed by atoms with Crippen molar-refractivity contribution in [1.29, 1.82) is 0 Å². The molecule has 1 aromatic heterocycles. The van der Waals surface area contributed by atoms with Gasteiger partial charge in [0.1, 0.15) is 11.5 Å². The number of hydrogen-bond donors (Lipinski definition) is 3. The molecule has 0 radical (unpaired) electrons. The van der Waals surface area contributed by atoms with Crippen LogP contribution in [0.5, 0.6) is 0 Å². The van der Waals surface area contributed by atoms with Crippen LogP contribution in [0, 0.1) is 12.7 Å². The maximum atomic E-state index is 13.1. The first-order chi connectivity index (χ1) is 9.04.